The summed E-state index contributed by atoms with van der Waals surface area (Å²) >= 11 is 0. The molecule has 5 heteroatoms. The van der Waals surface area contributed by atoms with Crippen LogP contribution < -0.4 is 5.32 Å². The van der Waals surface area contributed by atoms with Gasteiger partial charge in [-0.3, -0.25) is 10.1 Å². The molecule has 0 saturated carbocycles. The van der Waals surface area contributed by atoms with E-state index < -0.39 is 0 Å². The zero-order valence-corrected chi connectivity index (χ0v) is 10.6. The molecular formula is C12H22N2O3. The van der Waals surface area contributed by atoms with Gasteiger partial charge in [-0.25, -0.2) is 0 Å². The summed E-state index contributed by atoms with van der Waals surface area (Å²) in [4.78, 5) is 13.9. The van der Waals surface area contributed by atoms with Crippen LogP contribution in [0, 0.1) is 0 Å². The fourth-order valence-electron chi connectivity index (χ4n) is 2.44. The van der Waals surface area contributed by atoms with Crippen molar-refractivity contribution < 1.29 is 14.3 Å². The number of amides is 1. The van der Waals surface area contributed by atoms with Crippen LogP contribution in [0.2, 0.25) is 0 Å². The fraction of sp³-hybridized carbons (Fsp3) is 0.917. The van der Waals surface area contributed by atoms with Crippen molar-refractivity contribution >= 4 is 5.91 Å². The van der Waals surface area contributed by atoms with Crippen LogP contribution in [0.1, 0.15) is 26.7 Å². The van der Waals surface area contributed by atoms with Crippen LogP contribution in [-0.4, -0.2) is 55.5 Å². The molecule has 98 valence electrons. The molecule has 3 atom stereocenters. The molecule has 2 saturated heterocycles. The van der Waals surface area contributed by atoms with E-state index in [2.05, 4.69) is 12.2 Å². The van der Waals surface area contributed by atoms with Gasteiger partial charge >= 0.3 is 0 Å². The van der Waals surface area contributed by atoms with E-state index in [0.29, 0.717) is 26.4 Å². The molecule has 3 unspecified atom stereocenters. The van der Waals surface area contributed by atoms with E-state index in [0.717, 1.165) is 12.8 Å². The number of carbonyl (C=O) groups is 1. The maximum Gasteiger partial charge on any atom is 0.240 e. The lowest BCUT2D eigenvalue weighted by Gasteiger charge is -2.30. The van der Waals surface area contributed by atoms with E-state index in [1.165, 1.54) is 0 Å². The van der Waals surface area contributed by atoms with Gasteiger partial charge in [0.15, 0.2) is 0 Å². The molecule has 2 aliphatic rings. The number of nitrogens with one attached hydrogen (secondary N) is 1. The van der Waals surface area contributed by atoms with Gasteiger partial charge in [-0.2, -0.15) is 0 Å². The lowest BCUT2D eigenvalue weighted by molar-refractivity contribution is -0.137. The summed E-state index contributed by atoms with van der Waals surface area (Å²) in [5.41, 5.74) is 0. The van der Waals surface area contributed by atoms with E-state index in [9.17, 15) is 4.79 Å². The summed E-state index contributed by atoms with van der Waals surface area (Å²) in [5.74, 6) is 0.178. The summed E-state index contributed by atoms with van der Waals surface area (Å²) < 4.78 is 11.0. The number of ether oxygens (including phenoxy) is 2. The first kappa shape index (κ1) is 12.8. The van der Waals surface area contributed by atoms with Crippen molar-refractivity contribution in [3.05, 3.63) is 0 Å². The van der Waals surface area contributed by atoms with Gasteiger partial charge < -0.3 is 14.4 Å². The van der Waals surface area contributed by atoms with Crippen LogP contribution in [0.25, 0.3) is 0 Å². The van der Waals surface area contributed by atoms with Gasteiger partial charge in [-0.05, 0) is 13.3 Å². The van der Waals surface area contributed by atoms with Gasteiger partial charge in [0, 0.05) is 0 Å². The highest BCUT2D eigenvalue weighted by Crippen LogP contribution is 2.17. The monoisotopic (exact) mass is 242 g/mol. The summed E-state index contributed by atoms with van der Waals surface area (Å²) in [6.07, 6.45) is 2.24. The van der Waals surface area contributed by atoms with Crippen molar-refractivity contribution in [2.75, 3.05) is 26.4 Å². The highest BCUT2D eigenvalue weighted by molar-refractivity contribution is 5.83. The molecule has 2 aliphatic heterocycles. The Morgan fingerprint density at radius 2 is 2.29 bits per heavy atom. The van der Waals surface area contributed by atoms with Crippen LogP contribution >= 0.6 is 0 Å². The Morgan fingerprint density at radius 1 is 1.47 bits per heavy atom. The third kappa shape index (κ3) is 2.97. The van der Waals surface area contributed by atoms with E-state index in [1.54, 1.807) is 0 Å². The molecule has 17 heavy (non-hydrogen) atoms. The van der Waals surface area contributed by atoms with E-state index >= 15 is 0 Å². The molecule has 2 heterocycles. The summed E-state index contributed by atoms with van der Waals surface area (Å²) in [6, 6.07) is -0.0731. The third-order valence-corrected chi connectivity index (χ3v) is 3.32. The fourth-order valence-corrected chi connectivity index (χ4v) is 2.44. The summed E-state index contributed by atoms with van der Waals surface area (Å²) in [5, 5.41) is 3.32. The lowest BCUT2D eigenvalue weighted by Crippen LogP contribution is -2.45. The molecule has 1 amide bonds. The molecule has 2 fully saturated rings. The maximum absolute atomic E-state index is 12.0. The minimum Gasteiger partial charge on any atom is -0.376 e. The molecule has 1 N–H and O–H groups in total. The van der Waals surface area contributed by atoms with Crippen molar-refractivity contribution in [1.82, 2.24) is 10.2 Å². The zero-order valence-electron chi connectivity index (χ0n) is 10.6. The highest BCUT2D eigenvalue weighted by Gasteiger charge is 2.37. The Labute approximate surface area is 102 Å². The smallest absolute Gasteiger partial charge is 0.240 e. The van der Waals surface area contributed by atoms with Crippen LogP contribution in [0.5, 0.6) is 0 Å². The molecule has 0 aliphatic carbocycles. The first-order valence-electron chi connectivity index (χ1n) is 6.48. The predicted octanol–water partition coefficient (Wildman–Crippen LogP) is 0.348. The Bertz CT molecular complexity index is 266. The zero-order chi connectivity index (χ0) is 12.3. The average molecular weight is 242 g/mol. The molecule has 2 rings (SSSR count). The highest BCUT2D eigenvalue weighted by atomic mass is 16.6. The number of hydrogen-bond donors (Lipinski definition) is 1. The second-order valence-electron chi connectivity index (χ2n) is 4.75. The number of carbonyl (C=O) groups excluding carboxylic acids is 1. The lowest BCUT2D eigenvalue weighted by atomic mass is 10.2. The van der Waals surface area contributed by atoms with Gasteiger partial charge in [-0.15, -0.1) is 0 Å². The Balaban J connectivity index is 1.93. The SMILES string of the molecule is CCCC1NC(C)C(=O)N1CC1COCCO1. The first-order chi connectivity index (χ1) is 8.22. The Hall–Kier alpha value is -0.650. The molecule has 0 bridgehead atoms. The average Bonchev–Trinajstić information content (AvgIpc) is 2.59. The minimum absolute atomic E-state index is 0.0270. The third-order valence-electron chi connectivity index (χ3n) is 3.32. The normalized spacial score (nSPS) is 34.4. The van der Waals surface area contributed by atoms with Crippen molar-refractivity contribution in [1.29, 1.82) is 0 Å². The van der Waals surface area contributed by atoms with Crippen molar-refractivity contribution in [2.45, 2.75) is 45.0 Å². The predicted molar refractivity (Wildman–Crippen MR) is 63.6 cm³/mol. The number of hydrogen-bond acceptors (Lipinski definition) is 4. The number of rotatable bonds is 4. The van der Waals surface area contributed by atoms with Crippen LogP contribution in [-0.2, 0) is 14.3 Å². The Morgan fingerprint density at radius 3 is 2.94 bits per heavy atom. The Kier molecular flexibility index (Phi) is 4.36. The minimum atomic E-state index is -0.0731. The maximum atomic E-state index is 12.0. The topological polar surface area (TPSA) is 50.8 Å². The van der Waals surface area contributed by atoms with E-state index in [4.69, 9.17) is 9.47 Å². The van der Waals surface area contributed by atoms with E-state index in [-0.39, 0.29) is 24.2 Å². The molecular weight excluding hydrogens is 220 g/mol. The molecule has 0 radical (unpaired) electrons. The van der Waals surface area contributed by atoms with Crippen molar-refractivity contribution in [2.24, 2.45) is 0 Å². The number of nitrogens with zero attached hydrogens (tertiary/aromatic N) is 1. The quantitative estimate of drug-likeness (QED) is 0.773. The largest absolute Gasteiger partial charge is 0.376 e. The van der Waals surface area contributed by atoms with Crippen LogP contribution in [0.4, 0.5) is 0 Å². The molecule has 0 aromatic carbocycles. The second kappa shape index (κ2) is 5.80. The van der Waals surface area contributed by atoms with Gasteiger partial charge in [0.25, 0.3) is 0 Å². The molecule has 0 aromatic rings. The van der Waals surface area contributed by atoms with Gasteiger partial charge in [-0.1, -0.05) is 13.3 Å². The van der Waals surface area contributed by atoms with Gasteiger partial charge in [0.05, 0.1) is 44.7 Å². The van der Waals surface area contributed by atoms with Crippen LogP contribution in [0.3, 0.4) is 0 Å². The van der Waals surface area contributed by atoms with Gasteiger partial charge in [0.2, 0.25) is 5.91 Å². The molecule has 0 aromatic heterocycles. The van der Waals surface area contributed by atoms with Gasteiger partial charge in [0.1, 0.15) is 0 Å². The van der Waals surface area contributed by atoms with E-state index in [1.807, 2.05) is 11.8 Å². The molecule has 0 spiro atoms. The first-order valence-corrected chi connectivity index (χ1v) is 6.48. The summed E-state index contributed by atoms with van der Waals surface area (Å²) in [7, 11) is 0. The van der Waals surface area contributed by atoms with Crippen LogP contribution in [0.15, 0.2) is 0 Å². The standard InChI is InChI=1S/C12H22N2O3/c1-3-4-11-13-9(2)12(15)14(11)7-10-8-16-5-6-17-10/h9-11,13H,3-8H2,1-2H3. The summed E-state index contributed by atoms with van der Waals surface area (Å²) in [6.45, 7) is 6.58. The van der Waals surface area contributed by atoms with Crippen molar-refractivity contribution in [3.8, 4) is 0 Å². The molecule has 5 nitrogen and oxygen atoms in total. The van der Waals surface area contributed by atoms with Crippen molar-refractivity contribution in [3.63, 3.8) is 0 Å². The second-order valence-corrected chi connectivity index (χ2v) is 4.75.